The quantitative estimate of drug-likeness (QED) is 0.638. The third-order valence-electron chi connectivity index (χ3n) is 4.90. The van der Waals surface area contributed by atoms with Gasteiger partial charge in [-0.15, -0.1) is 10.2 Å². The van der Waals surface area contributed by atoms with Crippen molar-refractivity contribution in [3.05, 3.63) is 47.9 Å². The van der Waals surface area contributed by atoms with E-state index in [1.165, 1.54) is 5.69 Å². The number of anilines is 1. The highest BCUT2D eigenvalue weighted by molar-refractivity contribution is 7.99. The van der Waals surface area contributed by atoms with Crippen molar-refractivity contribution in [1.82, 2.24) is 20.1 Å². The van der Waals surface area contributed by atoms with E-state index in [2.05, 4.69) is 44.7 Å². The lowest BCUT2D eigenvalue weighted by molar-refractivity contribution is 0.0534. The molecule has 1 aromatic carbocycles. The Morgan fingerprint density at radius 3 is 2.68 bits per heavy atom. The van der Waals surface area contributed by atoms with Gasteiger partial charge in [0.2, 0.25) is 0 Å². The number of rotatable bonds is 6. The molecule has 0 radical (unpaired) electrons. The van der Waals surface area contributed by atoms with Crippen LogP contribution in [0.3, 0.4) is 0 Å². The molecule has 0 spiro atoms. The lowest BCUT2D eigenvalue weighted by Crippen LogP contribution is -2.17. The topological polar surface area (TPSA) is 68.3 Å². The molecule has 0 amide bonds. The van der Waals surface area contributed by atoms with Crippen LogP contribution in [0, 0.1) is 6.92 Å². The van der Waals surface area contributed by atoms with E-state index < -0.39 is 0 Å². The highest BCUT2D eigenvalue weighted by Gasteiger charge is 2.26. The molecular formula is C20H25N5O2S. The van der Waals surface area contributed by atoms with Crippen LogP contribution < -0.4 is 10.2 Å². The number of nitrogens with zero attached hydrogens (tertiary/aromatic N) is 4. The maximum Gasteiger partial charge on any atom is 0.191 e. The van der Waals surface area contributed by atoms with Crippen molar-refractivity contribution in [2.75, 3.05) is 31.3 Å². The molecule has 28 heavy (non-hydrogen) atoms. The Morgan fingerprint density at radius 2 is 2.00 bits per heavy atom. The molecule has 1 saturated heterocycles. The predicted molar refractivity (Wildman–Crippen MR) is 111 cm³/mol. The van der Waals surface area contributed by atoms with Gasteiger partial charge in [-0.05, 0) is 30.7 Å². The normalized spacial score (nSPS) is 19.3. The van der Waals surface area contributed by atoms with E-state index in [9.17, 15) is 0 Å². The summed E-state index contributed by atoms with van der Waals surface area (Å²) in [6.45, 7) is 2.75. The number of hydrogen-bond acceptors (Lipinski definition) is 7. The van der Waals surface area contributed by atoms with Gasteiger partial charge in [-0.1, -0.05) is 23.9 Å². The highest BCUT2D eigenvalue weighted by atomic mass is 32.2. The molecule has 3 aromatic rings. The second-order valence-electron chi connectivity index (χ2n) is 7.10. The molecule has 7 nitrogen and oxygen atoms in total. The van der Waals surface area contributed by atoms with Crippen molar-refractivity contribution in [3.8, 4) is 11.4 Å². The largest absolute Gasteiger partial charge is 0.469 e. The smallest absolute Gasteiger partial charge is 0.191 e. The van der Waals surface area contributed by atoms with Crippen LogP contribution in [0.5, 0.6) is 0 Å². The van der Waals surface area contributed by atoms with Gasteiger partial charge in [0.25, 0.3) is 0 Å². The van der Waals surface area contributed by atoms with Crippen molar-refractivity contribution < 1.29 is 9.15 Å². The van der Waals surface area contributed by atoms with Crippen LogP contribution in [0.15, 0.2) is 46.2 Å². The summed E-state index contributed by atoms with van der Waals surface area (Å²) in [6, 6.07) is 10.4. The third-order valence-corrected chi connectivity index (χ3v) is 6.06. The van der Waals surface area contributed by atoms with Gasteiger partial charge in [-0.3, -0.25) is 5.32 Å². The van der Waals surface area contributed by atoms with Crippen molar-refractivity contribution in [1.29, 1.82) is 0 Å². The second kappa shape index (κ2) is 7.98. The first-order chi connectivity index (χ1) is 13.5. The lowest BCUT2D eigenvalue weighted by atomic mass is 10.2. The molecule has 148 valence electrons. The van der Waals surface area contributed by atoms with Crippen molar-refractivity contribution in [2.24, 2.45) is 7.05 Å². The number of thioether (sulfide) groups is 1. The van der Waals surface area contributed by atoms with Crippen LogP contribution >= 0.6 is 11.8 Å². The monoisotopic (exact) mass is 399 g/mol. The van der Waals surface area contributed by atoms with E-state index in [-0.39, 0.29) is 12.3 Å². The summed E-state index contributed by atoms with van der Waals surface area (Å²) in [6.07, 6.45) is 1.74. The van der Waals surface area contributed by atoms with E-state index in [0.29, 0.717) is 0 Å². The summed E-state index contributed by atoms with van der Waals surface area (Å²) < 4.78 is 13.6. The van der Waals surface area contributed by atoms with Crippen LogP contribution in [0.2, 0.25) is 0 Å². The average Bonchev–Trinajstić information content (AvgIpc) is 3.41. The minimum atomic E-state index is -0.0644. The molecule has 2 aromatic heterocycles. The Bertz CT molecular complexity index is 934. The molecule has 0 saturated carbocycles. The predicted octanol–water partition coefficient (Wildman–Crippen LogP) is 3.23. The minimum Gasteiger partial charge on any atom is -0.469 e. The fourth-order valence-electron chi connectivity index (χ4n) is 3.23. The minimum absolute atomic E-state index is 0.0644. The molecule has 1 N–H and O–H groups in total. The maximum atomic E-state index is 6.19. The molecule has 1 fully saturated rings. The molecule has 3 heterocycles. The van der Waals surface area contributed by atoms with Crippen molar-refractivity contribution >= 4 is 17.4 Å². The van der Waals surface area contributed by atoms with E-state index in [0.717, 1.165) is 40.2 Å². The number of hydrogen-bond donors (Lipinski definition) is 1. The Balaban J connectivity index is 1.35. The Morgan fingerprint density at radius 1 is 1.21 bits per heavy atom. The van der Waals surface area contributed by atoms with Gasteiger partial charge in [0.05, 0.1) is 17.9 Å². The summed E-state index contributed by atoms with van der Waals surface area (Å²) in [5.41, 5.74) is 3.30. The molecule has 0 bridgehead atoms. The molecule has 8 heteroatoms. The standard InChI is InChI=1S/C20H25N5O2S/c1-13-17(9-10-26-13)18-22-23-20(25(18)4)28-12-16-11-21-19(27-16)14-5-7-15(8-6-14)24(2)3/h5-10,16,19,21H,11-12H2,1-4H3/t16-,19-/m1/s1. The number of ether oxygens (including phenoxy) is 1. The van der Waals surface area contributed by atoms with Gasteiger partial charge < -0.3 is 18.6 Å². The first-order valence-electron chi connectivity index (χ1n) is 9.25. The first kappa shape index (κ1) is 19.0. The number of nitrogens with one attached hydrogen (secondary N) is 1. The maximum absolute atomic E-state index is 6.19. The van der Waals surface area contributed by atoms with Crippen LogP contribution in [-0.2, 0) is 11.8 Å². The summed E-state index contributed by atoms with van der Waals surface area (Å²) in [7, 11) is 6.06. The zero-order valence-electron chi connectivity index (χ0n) is 16.5. The molecule has 4 rings (SSSR count). The SMILES string of the molecule is Cc1occc1-c1nnc(SC[C@H]2CN[C@@H](c3ccc(N(C)C)cc3)O2)n1C. The van der Waals surface area contributed by atoms with Crippen molar-refractivity contribution in [3.63, 3.8) is 0 Å². The van der Waals surface area contributed by atoms with Gasteiger partial charge in [0.1, 0.15) is 12.0 Å². The Kier molecular flexibility index (Phi) is 5.43. The molecule has 0 unspecified atom stereocenters. The number of aromatic nitrogens is 3. The average molecular weight is 400 g/mol. The Labute approximate surface area is 169 Å². The van der Waals surface area contributed by atoms with Gasteiger partial charge in [0.15, 0.2) is 11.0 Å². The fourth-order valence-corrected chi connectivity index (χ4v) is 4.14. The molecule has 1 aliphatic heterocycles. The summed E-state index contributed by atoms with van der Waals surface area (Å²) in [4.78, 5) is 2.09. The Hall–Kier alpha value is -2.29. The van der Waals surface area contributed by atoms with E-state index in [4.69, 9.17) is 9.15 Å². The van der Waals surface area contributed by atoms with Gasteiger partial charge in [0, 0.05) is 39.1 Å². The van der Waals surface area contributed by atoms with Crippen molar-refractivity contribution in [2.45, 2.75) is 24.4 Å². The van der Waals surface area contributed by atoms with Crippen LogP contribution in [-0.4, -0.2) is 47.3 Å². The molecule has 2 atom stereocenters. The second-order valence-corrected chi connectivity index (χ2v) is 8.09. The van der Waals surface area contributed by atoms with Gasteiger partial charge >= 0.3 is 0 Å². The van der Waals surface area contributed by atoms with Gasteiger partial charge in [-0.25, -0.2) is 0 Å². The van der Waals surface area contributed by atoms with E-state index >= 15 is 0 Å². The summed E-state index contributed by atoms with van der Waals surface area (Å²) in [5.74, 6) is 2.48. The lowest BCUT2D eigenvalue weighted by Gasteiger charge is -2.16. The van der Waals surface area contributed by atoms with Crippen LogP contribution in [0.25, 0.3) is 11.4 Å². The molecular weight excluding hydrogens is 374 g/mol. The van der Waals surface area contributed by atoms with E-state index in [1.807, 2.05) is 38.7 Å². The summed E-state index contributed by atoms with van der Waals surface area (Å²) in [5, 5.41) is 13.0. The van der Waals surface area contributed by atoms with Crippen LogP contribution in [0.1, 0.15) is 17.6 Å². The summed E-state index contributed by atoms with van der Waals surface area (Å²) >= 11 is 1.66. The molecule has 0 aliphatic carbocycles. The van der Waals surface area contributed by atoms with Gasteiger partial charge in [-0.2, -0.15) is 0 Å². The highest BCUT2D eigenvalue weighted by Crippen LogP contribution is 2.29. The third kappa shape index (κ3) is 3.80. The zero-order valence-corrected chi connectivity index (χ0v) is 17.4. The first-order valence-corrected chi connectivity index (χ1v) is 10.2. The fraction of sp³-hybridized carbons (Fsp3) is 0.400. The number of furan rings is 1. The number of aryl methyl sites for hydroxylation is 1. The van der Waals surface area contributed by atoms with E-state index in [1.54, 1.807) is 18.0 Å². The zero-order chi connectivity index (χ0) is 19.7. The van der Waals surface area contributed by atoms with Crippen LogP contribution in [0.4, 0.5) is 5.69 Å². The number of benzene rings is 1. The molecule has 1 aliphatic rings.